The molecule has 0 unspecified atom stereocenters. The SMILES string of the molecule is COc1cc(NC(=O)c2cc(-c3ccc(Cl)s3)nc3ccccc23)cc(OC)c1. The molecule has 2 aromatic heterocycles. The van der Waals surface area contributed by atoms with Crippen molar-refractivity contribution in [2.45, 2.75) is 0 Å². The molecule has 146 valence electrons. The zero-order valence-electron chi connectivity index (χ0n) is 15.7. The van der Waals surface area contributed by atoms with Crippen molar-refractivity contribution in [3.05, 3.63) is 70.6 Å². The van der Waals surface area contributed by atoms with Gasteiger partial charge in [0.05, 0.1) is 40.2 Å². The number of hydrogen-bond donors (Lipinski definition) is 1. The maximum Gasteiger partial charge on any atom is 0.256 e. The number of aromatic nitrogens is 1. The van der Waals surface area contributed by atoms with E-state index in [4.69, 9.17) is 26.1 Å². The minimum absolute atomic E-state index is 0.247. The number of methoxy groups -OCH3 is 2. The van der Waals surface area contributed by atoms with Crippen molar-refractivity contribution in [1.82, 2.24) is 4.98 Å². The molecule has 0 saturated heterocycles. The number of amides is 1. The molecule has 0 aliphatic rings. The van der Waals surface area contributed by atoms with Gasteiger partial charge in [-0.3, -0.25) is 4.79 Å². The van der Waals surface area contributed by atoms with Crippen molar-refractivity contribution >= 4 is 45.4 Å². The van der Waals surface area contributed by atoms with Crippen LogP contribution in [0.3, 0.4) is 0 Å². The number of ether oxygens (including phenoxy) is 2. The first-order valence-corrected chi connectivity index (χ1v) is 9.97. The largest absolute Gasteiger partial charge is 0.497 e. The van der Waals surface area contributed by atoms with Crippen LogP contribution in [-0.2, 0) is 0 Å². The fourth-order valence-corrected chi connectivity index (χ4v) is 4.02. The summed E-state index contributed by atoms with van der Waals surface area (Å²) in [7, 11) is 3.13. The number of para-hydroxylation sites is 1. The molecule has 29 heavy (non-hydrogen) atoms. The van der Waals surface area contributed by atoms with E-state index in [1.54, 1.807) is 38.5 Å². The molecule has 0 aliphatic carbocycles. The summed E-state index contributed by atoms with van der Waals surface area (Å²) >= 11 is 7.50. The zero-order valence-corrected chi connectivity index (χ0v) is 17.3. The highest BCUT2D eigenvalue weighted by molar-refractivity contribution is 7.19. The van der Waals surface area contributed by atoms with Crippen LogP contribution in [0.2, 0.25) is 4.34 Å². The van der Waals surface area contributed by atoms with E-state index in [1.165, 1.54) is 11.3 Å². The third-order valence-electron chi connectivity index (χ3n) is 4.40. The van der Waals surface area contributed by atoms with Crippen LogP contribution in [0.25, 0.3) is 21.5 Å². The first kappa shape index (κ1) is 19.2. The summed E-state index contributed by atoms with van der Waals surface area (Å²) in [5.74, 6) is 0.934. The normalized spacial score (nSPS) is 10.7. The minimum atomic E-state index is -0.247. The first-order chi connectivity index (χ1) is 14.1. The number of fused-ring (bicyclic) bond motifs is 1. The molecule has 0 saturated carbocycles. The molecular weight excluding hydrogens is 408 g/mol. The summed E-state index contributed by atoms with van der Waals surface area (Å²) in [5.41, 5.74) is 2.54. The van der Waals surface area contributed by atoms with Crippen molar-refractivity contribution in [3.63, 3.8) is 0 Å². The topological polar surface area (TPSA) is 60.5 Å². The number of rotatable bonds is 5. The Morgan fingerprint density at radius 2 is 1.72 bits per heavy atom. The molecule has 0 fully saturated rings. The number of hydrogen-bond acceptors (Lipinski definition) is 5. The van der Waals surface area contributed by atoms with Crippen LogP contribution in [-0.4, -0.2) is 25.1 Å². The Balaban J connectivity index is 1.77. The first-order valence-electron chi connectivity index (χ1n) is 8.77. The van der Waals surface area contributed by atoms with Crippen LogP contribution in [0.15, 0.2) is 60.7 Å². The Hall–Kier alpha value is -3.09. The fourth-order valence-electron chi connectivity index (χ4n) is 3.02. The van der Waals surface area contributed by atoms with Crippen LogP contribution in [0, 0.1) is 0 Å². The number of halogens is 1. The molecule has 4 rings (SSSR count). The Bertz CT molecular complexity index is 1180. The van der Waals surface area contributed by atoms with Gasteiger partial charge in [-0.2, -0.15) is 0 Å². The van der Waals surface area contributed by atoms with Gasteiger partial charge in [-0.25, -0.2) is 4.98 Å². The number of benzene rings is 2. The van der Waals surface area contributed by atoms with Crippen molar-refractivity contribution in [1.29, 1.82) is 0 Å². The Kier molecular flexibility index (Phi) is 5.38. The van der Waals surface area contributed by atoms with Gasteiger partial charge in [-0.1, -0.05) is 29.8 Å². The lowest BCUT2D eigenvalue weighted by molar-refractivity contribution is 0.102. The maximum atomic E-state index is 13.2. The van der Waals surface area contributed by atoms with Gasteiger partial charge in [-0.15, -0.1) is 11.3 Å². The Morgan fingerprint density at radius 1 is 1.00 bits per heavy atom. The average Bonchev–Trinajstić information content (AvgIpc) is 3.18. The highest BCUT2D eigenvalue weighted by Crippen LogP contribution is 2.33. The summed E-state index contributed by atoms with van der Waals surface area (Å²) in [6, 6.07) is 18.3. The van der Waals surface area contributed by atoms with Gasteiger partial charge in [0, 0.05) is 29.3 Å². The standard InChI is InChI=1S/C22H17ClN2O3S/c1-27-14-9-13(10-15(11-14)28-2)24-22(26)17-12-19(20-7-8-21(23)29-20)25-18-6-4-3-5-16(17)18/h3-12H,1-2H3,(H,24,26). The number of carbonyl (C=O) groups excluding carboxylic acids is 1. The second kappa shape index (κ2) is 8.11. The molecule has 7 heteroatoms. The van der Waals surface area contributed by atoms with Crippen LogP contribution in [0.5, 0.6) is 11.5 Å². The van der Waals surface area contributed by atoms with Gasteiger partial charge in [0.1, 0.15) is 11.5 Å². The van der Waals surface area contributed by atoms with E-state index in [9.17, 15) is 4.79 Å². The number of pyridine rings is 1. The zero-order chi connectivity index (χ0) is 20.4. The van der Waals surface area contributed by atoms with Crippen molar-refractivity contribution in [2.75, 3.05) is 19.5 Å². The molecule has 2 aromatic carbocycles. The Morgan fingerprint density at radius 3 is 2.38 bits per heavy atom. The van der Waals surface area contributed by atoms with Crippen LogP contribution in [0.1, 0.15) is 10.4 Å². The quantitative estimate of drug-likeness (QED) is 0.434. The summed E-state index contributed by atoms with van der Waals surface area (Å²) in [6.07, 6.45) is 0. The second-order valence-corrected chi connectivity index (χ2v) is 7.95. The molecule has 1 amide bonds. The van der Waals surface area contributed by atoms with Crippen LogP contribution < -0.4 is 14.8 Å². The van der Waals surface area contributed by atoms with Crippen molar-refractivity contribution in [3.8, 4) is 22.1 Å². The summed E-state index contributed by atoms with van der Waals surface area (Å²) in [4.78, 5) is 18.8. The molecule has 0 bridgehead atoms. The number of carbonyl (C=O) groups is 1. The van der Waals surface area contributed by atoms with E-state index in [-0.39, 0.29) is 5.91 Å². The number of thiophene rings is 1. The molecular formula is C22H17ClN2O3S. The number of anilines is 1. The fraction of sp³-hybridized carbons (Fsp3) is 0.0909. The van der Waals surface area contributed by atoms with Gasteiger partial charge in [0.2, 0.25) is 0 Å². The molecule has 1 N–H and O–H groups in total. The number of nitrogens with one attached hydrogen (secondary N) is 1. The summed E-state index contributed by atoms with van der Waals surface area (Å²) in [5, 5.41) is 3.70. The lowest BCUT2D eigenvalue weighted by Crippen LogP contribution is -2.13. The molecule has 4 aromatic rings. The van der Waals surface area contributed by atoms with Crippen LogP contribution >= 0.6 is 22.9 Å². The third kappa shape index (κ3) is 4.04. The minimum Gasteiger partial charge on any atom is -0.497 e. The van der Waals surface area contributed by atoms with Gasteiger partial charge in [0.15, 0.2) is 0 Å². The molecule has 0 atom stereocenters. The molecule has 5 nitrogen and oxygen atoms in total. The predicted octanol–water partition coefficient (Wildman–Crippen LogP) is 5.89. The van der Waals surface area contributed by atoms with Crippen molar-refractivity contribution < 1.29 is 14.3 Å². The van der Waals surface area contributed by atoms with Gasteiger partial charge < -0.3 is 14.8 Å². The Labute approximate surface area is 176 Å². The van der Waals surface area contributed by atoms with Gasteiger partial charge >= 0.3 is 0 Å². The van der Waals surface area contributed by atoms with E-state index in [2.05, 4.69) is 5.32 Å². The van der Waals surface area contributed by atoms with E-state index in [1.807, 2.05) is 36.4 Å². The lowest BCUT2D eigenvalue weighted by atomic mass is 10.1. The van der Waals surface area contributed by atoms with E-state index >= 15 is 0 Å². The monoisotopic (exact) mass is 424 g/mol. The van der Waals surface area contributed by atoms with Crippen LogP contribution in [0.4, 0.5) is 5.69 Å². The predicted molar refractivity (Wildman–Crippen MR) is 118 cm³/mol. The smallest absolute Gasteiger partial charge is 0.256 e. The third-order valence-corrected chi connectivity index (χ3v) is 5.65. The molecule has 0 aliphatic heterocycles. The average molecular weight is 425 g/mol. The van der Waals surface area contributed by atoms with E-state index in [0.717, 1.165) is 15.8 Å². The van der Waals surface area contributed by atoms with E-state index < -0.39 is 0 Å². The highest BCUT2D eigenvalue weighted by atomic mass is 35.5. The van der Waals surface area contributed by atoms with Gasteiger partial charge in [-0.05, 0) is 24.3 Å². The molecule has 0 spiro atoms. The van der Waals surface area contributed by atoms with Gasteiger partial charge in [0.25, 0.3) is 5.91 Å². The van der Waals surface area contributed by atoms with E-state index in [0.29, 0.717) is 32.8 Å². The highest BCUT2D eigenvalue weighted by Gasteiger charge is 2.16. The summed E-state index contributed by atoms with van der Waals surface area (Å²) < 4.78 is 11.2. The van der Waals surface area contributed by atoms with Crippen molar-refractivity contribution in [2.24, 2.45) is 0 Å². The second-order valence-electron chi connectivity index (χ2n) is 6.23. The number of nitrogens with zero attached hydrogens (tertiary/aromatic N) is 1. The molecule has 2 heterocycles. The molecule has 0 radical (unpaired) electrons. The maximum absolute atomic E-state index is 13.2. The lowest BCUT2D eigenvalue weighted by Gasteiger charge is -2.12. The summed E-state index contributed by atoms with van der Waals surface area (Å²) in [6.45, 7) is 0.